The highest BCUT2D eigenvalue weighted by Gasteiger charge is 2.27. The second-order valence-electron chi connectivity index (χ2n) is 5.65. The van der Waals surface area contributed by atoms with Crippen LogP contribution in [0.5, 0.6) is 0 Å². The molecule has 0 aliphatic carbocycles. The molecule has 134 valence electrons. The summed E-state index contributed by atoms with van der Waals surface area (Å²) in [7, 11) is 2.70. The molecule has 2 N–H and O–H groups in total. The van der Waals surface area contributed by atoms with Crippen LogP contribution in [0.15, 0.2) is 18.2 Å². The van der Waals surface area contributed by atoms with Crippen LogP contribution in [-0.4, -0.2) is 50.2 Å². The van der Waals surface area contributed by atoms with Crippen LogP contribution in [0.2, 0.25) is 0 Å². The van der Waals surface area contributed by atoms with Crippen molar-refractivity contribution >= 4 is 17.6 Å². The van der Waals surface area contributed by atoms with Crippen molar-refractivity contribution in [1.82, 2.24) is 4.90 Å². The monoisotopic (exact) mass is 336 g/mol. The van der Waals surface area contributed by atoms with E-state index in [1.165, 1.54) is 14.2 Å². The van der Waals surface area contributed by atoms with Crippen LogP contribution in [0, 0.1) is 0 Å². The molecule has 0 spiro atoms. The van der Waals surface area contributed by atoms with Gasteiger partial charge in [0.05, 0.1) is 19.8 Å². The van der Waals surface area contributed by atoms with E-state index >= 15 is 0 Å². The molecule has 0 amide bonds. The lowest BCUT2D eigenvalue weighted by Crippen LogP contribution is -2.44. The Balaban J connectivity index is 3.14. The molecule has 1 rings (SSSR count). The van der Waals surface area contributed by atoms with E-state index in [0.717, 1.165) is 31.5 Å². The molecule has 0 saturated heterocycles. The Bertz CT molecular complexity index is 554. The third-order valence-corrected chi connectivity index (χ3v) is 3.95. The Morgan fingerprint density at radius 1 is 1.12 bits per heavy atom. The van der Waals surface area contributed by atoms with E-state index in [1.807, 2.05) is 6.07 Å². The summed E-state index contributed by atoms with van der Waals surface area (Å²) in [5.41, 5.74) is 7.54. The number of nitrogen functional groups attached to an aromatic ring is 1. The highest BCUT2D eigenvalue weighted by atomic mass is 16.5. The number of esters is 2. The molecule has 1 unspecified atom stereocenters. The number of carbonyl (C=O) groups is 2. The summed E-state index contributed by atoms with van der Waals surface area (Å²) in [6.07, 6.45) is 2.26. The molecule has 1 aromatic carbocycles. The third kappa shape index (κ3) is 4.96. The maximum atomic E-state index is 12.3. The first-order valence-corrected chi connectivity index (χ1v) is 8.27. The zero-order chi connectivity index (χ0) is 18.1. The fraction of sp³-hybridized carbons (Fsp3) is 0.556. The Kier molecular flexibility index (Phi) is 8.26. The number of para-hydroxylation sites is 1. The summed E-state index contributed by atoms with van der Waals surface area (Å²) >= 11 is 0. The van der Waals surface area contributed by atoms with Crippen LogP contribution < -0.4 is 5.73 Å². The van der Waals surface area contributed by atoms with Gasteiger partial charge in [0.2, 0.25) is 0 Å². The number of hydrogen-bond acceptors (Lipinski definition) is 6. The normalized spacial score (nSPS) is 12.0. The van der Waals surface area contributed by atoms with Gasteiger partial charge in [0.25, 0.3) is 0 Å². The second-order valence-corrected chi connectivity index (χ2v) is 5.65. The fourth-order valence-electron chi connectivity index (χ4n) is 2.78. The molecule has 0 aliphatic rings. The summed E-state index contributed by atoms with van der Waals surface area (Å²) in [5, 5.41) is 0. The molecule has 0 aromatic heterocycles. The van der Waals surface area contributed by atoms with Crippen molar-refractivity contribution in [3.8, 4) is 0 Å². The Labute approximate surface area is 143 Å². The maximum Gasteiger partial charge on any atom is 0.339 e. The molecule has 0 heterocycles. The molecule has 1 atom stereocenters. The SMILES string of the molecule is CCCN(CCC)C(Cc1cccc(C(=O)OC)c1N)C(=O)OC. The molecule has 6 heteroatoms. The summed E-state index contributed by atoms with van der Waals surface area (Å²) in [6, 6.07) is 4.77. The number of benzene rings is 1. The Morgan fingerprint density at radius 2 is 1.75 bits per heavy atom. The topological polar surface area (TPSA) is 81.9 Å². The smallest absolute Gasteiger partial charge is 0.339 e. The molecular weight excluding hydrogens is 308 g/mol. The van der Waals surface area contributed by atoms with Gasteiger partial charge in [-0.1, -0.05) is 26.0 Å². The van der Waals surface area contributed by atoms with Crippen molar-refractivity contribution in [2.75, 3.05) is 33.0 Å². The van der Waals surface area contributed by atoms with Gasteiger partial charge in [0, 0.05) is 12.1 Å². The molecule has 24 heavy (non-hydrogen) atoms. The zero-order valence-electron chi connectivity index (χ0n) is 15.0. The first-order valence-electron chi connectivity index (χ1n) is 8.27. The molecule has 0 bridgehead atoms. The van der Waals surface area contributed by atoms with Gasteiger partial charge in [-0.05, 0) is 37.6 Å². The molecule has 6 nitrogen and oxygen atoms in total. The zero-order valence-corrected chi connectivity index (χ0v) is 15.0. The van der Waals surface area contributed by atoms with Crippen LogP contribution in [0.3, 0.4) is 0 Å². The van der Waals surface area contributed by atoms with Crippen LogP contribution in [0.1, 0.15) is 42.6 Å². The van der Waals surface area contributed by atoms with Gasteiger partial charge in [0.15, 0.2) is 0 Å². The quantitative estimate of drug-likeness (QED) is 0.550. The number of hydrogen-bond donors (Lipinski definition) is 1. The van der Waals surface area contributed by atoms with Crippen LogP contribution in [-0.2, 0) is 20.7 Å². The lowest BCUT2D eigenvalue weighted by Gasteiger charge is -2.29. The van der Waals surface area contributed by atoms with Crippen LogP contribution in [0.25, 0.3) is 0 Å². The van der Waals surface area contributed by atoms with E-state index in [0.29, 0.717) is 17.7 Å². The average molecular weight is 336 g/mol. The van der Waals surface area contributed by atoms with Gasteiger partial charge in [-0.25, -0.2) is 4.79 Å². The van der Waals surface area contributed by atoms with Crippen molar-refractivity contribution in [2.45, 2.75) is 39.2 Å². The summed E-state index contributed by atoms with van der Waals surface area (Å²) in [4.78, 5) is 26.2. The van der Waals surface area contributed by atoms with Gasteiger partial charge >= 0.3 is 11.9 Å². The van der Waals surface area contributed by atoms with E-state index in [2.05, 4.69) is 18.7 Å². The van der Waals surface area contributed by atoms with E-state index in [1.54, 1.807) is 12.1 Å². The van der Waals surface area contributed by atoms with Crippen molar-refractivity contribution in [3.63, 3.8) is 0 Å². The standard InChI is InChI=1S/C18H28N2O4/c1-5-10-20(11-6-2)15(18(22)24-4)12-13-8-7-9-14(16(13)19)17(21)23-3/h7-9,15H,5-6,10-12,19H2,1-4H3. The van der Waals surface area contributed by atoms with Crippen LogP contribution >= 0.6 is 0 Å². The molecular formula is C18H28N2O4. The van der Waals surface area contributed by atoms with E-state index in [9.17, 15) is 9.59 Å². The van der Waals surface area contributed by atoms with Crippen molar-refractivity contribution in [3.05, 3.63) is 29.3 Å². The largest absolute Gasteiger partial charge is 0.468 e. The van der Waals surface area contributed by atoms with Crippen molar-refractivity contribution in [1.29, 1.82) is 0 Å². The highest BCUT2D eigenvalue weighted by Crippen LogP contribution is 2.22. The lowest BCUT2D eigenvalue weighted by atomic mass is 9.99. The van der Waals surface area contributed by atoms with Gasteiger partial charge in [0.1, 0.15) is 6.04 Å². The predicted octanol–water partition coefficient (Wildman–Crippen LogP) is 2.26. The highest BCUT2D eigenvalue weighted by molar-refractivity contribution is 5.95. The van der Waals surface area contributed by atoms with Crippen molar-refractivity contribution in [2.24, 2.45) is 0 Å². The minimum Gasteiger partial charge on any atom is -0.468 e. The lowest BCUT2D eigenvalue weighted by molar-refractivity contribution is -0.147. The third-order valence-electron chi connectivity index (χ3n) is 3.95. The van der Waals surface area contributed by atoms with Gasteiger partial charge in [-0.15, -0.1) is 0 Å². The molecule has 1 aromatic rings. The summed E-state index contributed by atoms with van der Waals surface area (Å²) in [5.74, 6) is -0.775. The van der Waals surface area contributed by atoms with E-state index in [4.69, 9.17) is 15.2 Å². The van der Waals surface area contributed by atoms with Gasteiger partial charge in [-0.2, -0.15) is 0 Å². The minimum atomic E-state index is -0.483. The fourth-order valence-corrected chi connectivity index (χ4v) is 2.78. The van der Waals surface area contributed by atoms with E-state index in [-0.39, 0.29) is 5.97 Å². The minimum absolute atomic E-state index is 0.292. The number of nitrogens with two attached hydrogens (primary N) is 1. The Morgan fingerprint density at radius 3 is 2.25 bits per heavy atom. The molecule has 0 fully saturated rings. The first kappa shape index (κ1) is 20.0. The second kappa shape index (κ2) is 9.93. The molecule has 0 aliphatic heterocycles. The number of methoxy groups -OCH3 is 2. The van der Waals surface area contributed by atoms with Crippen molar-refractivity contribution < 1.29 is 19.1 Å². The number of carbonyl (C=O) groups excluding carboxylic acids is 2. The van der Waals surface area contributed by atoms with Gasteiger partial charge in [-0.3, -0.25) is 9.69 Å². The predicted molar refractivity (Wildman–Crippen MR) is 93.9 cm³/mol. The number of rotatable bonds is 9. The summed E-state index contributed by atoms with van der Waals surface area (Å²) < 4.78 is 9.73. The number of anilines is 1. The molecule has 0 saturated carbocycles. The Hall–Kier alpha value is -2.08. The maximum absolute atomic E-state index is 12.3. The van der Waals surface area contributed by atoms with Crippen LogP contribution in [0.4, 0.5) is 5.69 Å². The average Bonchev–Trinajstić information content (AvgIpc) is 2.59. The van der Waals surface area contributed by atoms with E-state index < -0.39 is 12.0 Å². The van der Waals surface area contributed by atoms with Gasteiger partial charge < -0.3 is 15.2 Å². The molecule has 0 radical (unpaired) electrons. The number of nitrogens with zero attached hydrogens (tertiary/aromatic N) is 1. The first-order chi connectivity index (χ1) is 11.5. The number of ether oxygens (including phenoxy) is 2. The summed E-state index contributed by atoms with van der Waals surface area (Å²) in [6.45, 7) is 5.74.